The van der Waals surface area contributed by atoms with Crippen molar-refractivity contribution in [2.45, 2.75) is 12.5 Å². The molecular formula is C21H21N3O5. The molecule has 2 aromatic carbocycles. The van der Waals surface area contributed by atoms with Gasteiger partial charge in [-0.05, 0) is 30.2 Å². The van der Waals surface area contributed by atoms with Crippen LogP contribution in [-0.2, 0) is 6.42 Å². The molecule has 8 heteroatoms. The number of rotatable bonds is 5. The van der Waals surface area contributed by atoms with Crippen molar-refractivity contribution in [1.82, 2.24) is 9.80 Å². The summed E-state index contributed by atoms with van der Waals surface area (Å²) < 4.78 is 5.76. The Labute approximate surface area is 167 Å². The van der Waals surface area contributed by atoms with Crippen LogP contribution >= 0.6 is 0 Å². The molecule has 0 unspecified atom stereocenters. The van der Waals surface area contributed by atoms with Gasteiger partial charge in [-0.25, -0.2) is 4.79 Å². The Morgan fingerprint density at radius 2 is 1.79 bits per heavy atom. The Kier molecular flexibility index (Phi) is 4.94. The van der Waals surface area contributed by atoms with Crippen LogP contribution < -0.4 is 10.5 Å². The average molecular weight is 395 g/mol. The standard InChI is InChI=1S/C21H21N3O5/c22-9-11-29-17-7-3-4-13-8-10-23(21(27)28)16(18(13)17)12-24-19(25)14-5-1-2-6-15(14)20(24)26/h1-7,16H,8-12,22H2,(H,27,28)/t16-/m1/s1. The van der Waals surface area contributed by atoms with Gasteiger partial charge in [-0.3, -0.25) is 19.4 Å². The van der Waals surface area contributed by atoms with Crippen molar-refractivity contribution < 1.29 is 24.2 Å². The van der Waals surface area contributed by atoms with E-state index in [-0.39, 0.29) is 19.7 Å². The molecule has 0 radical (unpaired) electrons. The predicted octanol–water partition coefficient (Wildman–Crippen LogP) is 1.90. The first-order chi connectivity index (χ1) is 14.0. The number of nitrogens with zero attached hydrogens (tertiary/aromatic N) is 2. The van der Waals surface area contributed by atoms with Gasteiger partial charge in [-0.2, -0.15) is 0 Å². The van der Waals surface area contributed by atoms with E-state index >= 15 is 0 Å². The van der Waals surface area contributed by atoms with Crippen LogP contribution in [0.1, 0.15) is 37.9 Å². The van der Waals surface area contributed by atoms with Gasteiger partial charge < -0.3 is 15.6 Å². The lowest BCUT2D eigenvalue weighted by atomic mass is 9.91. The minimum Gasteiger partial charge on any atom is -0.492 e. The second-order valence-corrected chi connectivity index (χ2v) is 6.97. The van der Waals surface area contributed by atoms with E-state index in [1.807, 2.05) is 12.1 Å². The molecule has 1 atom stereocenters. The fourth-order valence-corrected chi connectivity index (χ4v) is 4.03. The number of carbonyl (C=O) groups excluding carboxylic acids is 2. The summed E-state index contributed by atoms with van der Waals surface area (Å²) >= 11 is 0. The molecule has 0 saturated heterocycles. The maximum atomic E-state index is 12.8. The van der Waals surface area contributed by atoms with Crippen LogP contribution in [0.25, 0.3) is 0 Å². The molecule has 0 bridgehead atoms. The maximum absolute atomic E-state index is 12.8. The second-order valence-electron chi connectivity index (χ2n) is 6.97. The van der Waals surface area contributed by atoms with Crippen LogP contribution in [0.4, 0.5) is 4.79 Å². The highest BCUT2D eigenvalue weighted by molar-refractivity contribution is 6.21. The summed E-state index contributed by atoms with van der Waals surface area (Å²) in [7, 11) is 0. The largest absolute Gasteiger partial charge is 0.492 e. The van der Waals surface area contributed by atoms with Crippen molar-refractivity contribution in [2.75, 3.05) is 26.2 Å². The molecule has 0 aromatic heterocycles. The topological polar surface area (TPSA) is 113 Å². The van der Waals surface area contributed by atoms with Crippen LogP contribution in [0.2, 0.25) is 0 Å². The number of nitrogens with two attached hydrogens (primary N) is 1. The summed E-state index contributed by atoms with van der Waals surface area (Å²) in [5.74, 6) is -0.299. The van der Waals surface area contributed by atoms with Crippen LogP contribution in [-0.4, -0.2) is 59.1 Å². The third-order valence-electron chi connectivity index (χ3n) is 5.34. The van der Waals surface area contributed by atoms with E-state index in [1.165, 1.54) is 4.90 Å². The van der Waals surface area contributed by atoms with Gasteiger partial charge in [-0.1, -0.05) is 24.3 Å². The Morgan fingerprint density at radius 3 is 2.41 bits per heavy atom. The second kappa shape index (κ2) is 7.56. The van der Waals surface area contributed by atoms with Gasteiger partial charge in [0.25, 0.3) is 11.8 Å². The van der Waals surface area contributed by atoms with Crippen LogP contribution in [0.3, 0.4) is 0 Å². The van der Waals surface area contributed by atoms with Gasteiger partial charge in [-0.15, -0.1) is 0 Å². The van der Waals surface area contributed by atoms with Gasteiger partial charge in [0.05, 0.1) is 23.7 Å². The number of carboxylic acid groups (broad SMARTS) is 1. The fourth-order valence-electron chi connectivity index (χ4n) is 4.03. The van der Waals surface area contributed by atoms with Crippen LogP contribution in [0.5, 0.6) is 5.75 Å². The number of hydrogen-bond donors (Lipinski definition) is 2. The molecule has 2 aliphatic heterocycles. The number of benzene rings is 2. The van der Waals surface area contributed by atoms with Crippen molar-refractivity contribution in [2.24, 2.45) is 5.73 Å². The summed E-state index contributed by atoms with van der Waals surface area (Å²) in [6, 6.07) is 11.4. The Hall–Kier alpha value is -3.39. The average Bonchev–Trinajstić information content (AvgIpc) is 2.97. The molecule has 0 saturated carbocycles. The molecule has 0 fully saturated rings. The molecule has 3 amide bonds. The summed E-state index contributed by atoms with van der Waals surface area (Å²) in [6.45, 7) is 0.795. The highest BCUT2D eigenvalue weighted by Gasteiger charge is 2.41. The number of ether oxygens (including phenoxy) is 1. The number of hydrogen-bond acceptors (Lipinski definition) is 5. The van der Waals surface area contributed by atoms with E-state index < -0.39 is 23.9 Å². The highest BCUT2D eigenvalue weighted by Crippen LogP contribution is 2.38. The van der Waals surface area contributed by atoms with E-state index in [4.69, 9.17) is 10.5 Å². The predicted molar refractivity (Wildman–Crippen MR) is 104 cm³/mol. The smallest absolute Gasteiger partial charge is 0.407 e. The zero-order chi connectivity index (χ0) is 20.5. The fraction of sp³-hybridized carbons (Fsp3) is 0.286. The molecule has 0 aliphatic carbocycles. The Balaban J connectivity index is 1.73. The number of carbonyl (C=O) groups is 3. The van der Waals surface area contributed by atoms with Gasteiger partial charge in [0.1, 0.15) is 12.4 Å². The van der Waals surface area contributed by atoms with Gasteiger partial charge in [0.15, 0.2) is 0 Å². The first-order valence-corrected chi connectivity index (χ1v) is 9.42. The van der Waals surface area contributed by atoms with Gasteiger partial charge in [0, 0.05) is 18.7 Å². The molecular weight excluding hydrogens is 374 g/mol. The Bertz CT molecular complexity index is 955. The van der Waals surface area contributed by atoms with Crippen molar-refractivity contribution in [3.63, 3.8) is 0 Å². The highest BCUT2D eigenvalue weighted by atomic mass is 16.5. The van der Waals surface area contributed by atoms with Crippen molar-refractivity contribution in [3.8, 4) is 5.75 Å². The summed E-state index contributed by atoms with van der Waals surface area (Å²) in [4.78, 5) is 40.0. The first-order valence-electron chi connectivity index (χ1n) is 9.42. The zero-order valence-corrected chi connectivity index (χ0v) is 15.7. The summed E-state index contributed by atoms with van der Waals surface area (Å²) in [5.41, 5.74) is 7.85. The lowest BCUT2D eigenvalue weighted by Gasteiger charge is -2.37. The normalized spacial score (nSPS) is 17.9. The molecule has 29 heavy (non-hydrogen) atoms. The van der Waals surface area contributed by atoms with Crippen molar-refractivity contribution in [3.05, 3.63) is 64.7 Å². The minimum absolute atomic E-state index is 0.0748. The lowest BCUT2D eigenvalue weighted by Crippen LogP contribution is -2.46. The molecule has 4 rings (SSSR count). The van der Waals surface area contributed by atoms with Gasteiger partial charge in [0.2, 0.25) is 0 Å². The molecule has 2 aromatic rings. The quantitative estimate of drug-likeness (QED) is 0.748. The van der Waals surface area contributed by atoms with Crippen LogP contribution in [0, 0.1) is 0 Å². The first kappa shape index (κ1) is 18.9. The number of amides is 3. The minimum atomic E-state index is -1.11. The molecule has 0 spiro atoms. The summed E-state index contributed by atoms with van der Waals surface area (Å²) in [5, 5.41) is 9.76. The molecule has 8 nitrogen and oxygen atoms in total. The van der Waals surface area contributed by atoms with Crippen molar-refractivity contribution >= 4 is 17.9 Å². The third-order valence-corrected chi connectivity index (χ3v) is 5.34. The molecule has 2 aliphatic rings. The molecule has 2 heterocycles. The SMILES string of the molecule is NCCOc1cccc2c1[C@@H](CN1C(=O)c3ccccc3C1=O)N(C(=O)O)CC2. The lowest BCUT2D eigenvalue weighted by molar-refractivity contribution is 0.0566. The number of fused-ring (bicyclic) bond motifs is 2. The molecule has 3 N–H and O–H groups in total. The number of imide groups is 1. The van der Waals surface area contributed by atoms with Gasteiger partial charge >= 0.3 is 6.09 Å². The van der Waals surface area contributed by atoms with E-state index in [1.54, 1.807) is 30.3 Å². The zero-order valence-electron chi connectivity index (χ0n) is 15.7. The van der Waals surface area contributed by atoms with E-state index in [2.05, 4.69) is 0 Å². The van der Waals surface area contributed by atoms with Crippen LogP contribution in [0.15, 0.2) is 42.5 Å². The summed E-state index contributed by atoms with van der Waals surface area (Å²) in [6.07, 6.45) is -0.578. The third kappa shape index (κ3) is 3.21. The van der Waals surface area contributed by atoms with E-state index in [9.17, 15) is 19.5 Å². The van der Waals surface area contributed by atoms with E-state index in [0.29, 0.717) is 35.4 Å². The maximum Gasteiger partial charge on any atom is 0.407 e. The molecule has 150 valence electrons. The van der Waals surface area contributed by atoms with E-state index in [0.717, 1.165) is 10.5 Å². The monoisotopic (exact) mass is 395 g/mol. The van der Waals surface area contributed by atoms with Crippen molar-refractivity contribution in [1.29, 1.82) is 0 Å². The Morgan fingerprint density at radius 1 is 1.10 bits per heavy atom.